The first-order valence-corrected chi connectivity index (χ1v) is 8.07. The predicted octanol–water partition coefficient (Wildman–Crippen LogP) is 5.78. The first kappa shape index (κ1) is 13.7. The molecule has 0 aliphatic heterocycles. The first-order valence-electron chi connectivity index (χ1n) is 6.90. The van der Waals surface area contributed by atoms with Gasteiger partial charge in [-0.15, -0.1) is 0 Å². The number of anilines is 1. The van der Waals surface area contributed by atoms with Crippen molar-refractivity contribution in [1.82, 2.24) is 4.57 Å². The molecule has 0 radical (unpaired) electrons. The molecule has 1 heterocycles. The second-order valence-corrected chi connectivity index (χ2v) is 6.37. The molecule has 4 rings (SSSR count). The number of hydrogen-bond donors (Lipinski definition) is 1. The zero-order valence-electron chi connectivity index (χ0n) is 11.6. The molecule has 0 bridgehead atoms. The molecule has 22 heavy (non-hydrogen) atoms. The van der Waals surface area contributed by atoms with Gasteiger partial charge in [0, 0.05) is 10.8 Å². The van der Waals surface area contributed by atoms with Gasteiger partial charge in [0.05, 0.1) is 31.9 Å². The Labute approximate surface area is 141 Å². The van der Waals surface area contributed by atoms with Crippen molar-refractivity contribution >= 4 is 55.0 Å². The Balaban J connectivity index is 2.29. The van der Waals surface area contributed by atoms with Crippen molar-refractivity contribution in [2.45, 2.75) is 0 Å². The molecule has 0 saturated heterocycles. The van der Waals surface area contributed by atoms with Gasteiger partial charge < -0.3 is 10.3 Å². The van der Waals surface area contributed by atoms with Crippen molar-refractivity contribution < 1.29 is 0 Å². The number of aromatic nitrogens is 1. The molecule has 2 N–H and O–H groups in total. The fourth-order valence-electron chi connectivity index (χ4n) is 2.93. The van der Waals surface area contributed by atoms with E-state index >= 15 is 0 Å². The fraction of sp³-hybridized carbons (Fsp3) is 0. The lowest BCUT2D eigenvalue weighted by molar-refractivity contribution is 1.18. The second-order valence-electron chi connectivity index (χ2n) is 5.17. The molecule has 0 atom stereocenters. The van der Waals surface area contributed by atoms with Gasteiger partial charge in [0.2, 0.25) is 0 Å². The smallest absolute Gasteiger partial charge is 0.0699 e. The summed E-state index contributed by atoms with van der Waals surface area (Å²) in [6.45, 7) is 0. The van der Waals surface area contributed by atoms with Crippen LogP contribution in [0.4, 0.5) is 5.69 Å². The third-order valence-corrected chi connectivity index (χ3v) is 5.25. The van der Waals surface area contributed by atoms with Crippen LogP contribution >= 0.6 is 27.5 Å². The highest BCUT2D eigenvalue weighted by Crippen LogP contribution is 2.40. The molecule has 2 nitrogen and oxygen atoms in total. The van der Waals surface area contributed by atoms with Crippen molar-refractivity contribution in [1.29, 1.82) is 0 Å². The standard InChI is InChI=1S/C18H12BrClN2/c19-17-13(20)10-9-12-11-5-1-3-7-15(11)22(18(12)17)16-8-4-2-6-14(16)21/h1-10H,21H2. The molecule has 0 unspecified atom stereocenters. The topological polar surface area (TPSA) is 30.9 Å². The minimum atomic E-state index is 0.686. The van der Waals surface area contributed by atoms with Crippen LogP contribution in [0.2, 0.25) is 5.02 Å². The zero-order valence-corrected chi connectivity index (χ0v) is 13.9. The van der Waals surface area contributed by atoms with E-state index in [1.165, 1.54) is 5.39 Å². The van der Waals surface area contributed by atoms with Gasteiger partial charge in [-0.2, -0.15) is 0 Å². The molecule has 1 aromatic heterocycles. The summed E-state index contributed by atoms with van der Waals surface area (Å²) in [6, 6.07) is 20.1. The maximum atomic E-state index is 6.32. The summed E-state index contributed by atoms with van der Waals surface area (Å²) in [5, 5.41) is 3.01. The van der Waals surface area contributed by atoms with Gasteiger partial charge >= 0.3 is 0 Å². The number of fused-ring (bicyclic) bond motifs is 3. The van der Waals surface area contributed by atoms with Gasteiger partial charge in [-0.3, -0.25) is 0 Å². The van der Waals surface area contributed by atoms with Gasteiger partial charge in [-0.25, -0.2) is 0 Å². The lowest BCUT2D eigenvalue weighted by Gasteiger charge is -2.11. The molecule has 108 valence electrons. The predicted molar refractivity (Wildman–Crippen MR) is 97.9 cm³/mol. The summed E-state index contributed by atoms with van der Waals surface area (Å²) in [5.41, 5.74) is 10.0. The highest BCUT2D eigenvalue weighted by molar-refractivity contribution is 9.10. The van der Waals surface area contributed by atoms with Crippen molar-refractivity contribution in [3.8, 4) is 5.69 Å². The molecular weight excluding hydrogens is 360 g/mol. The second kappa shape index (κ2) is 5.04. The quantitative estimate of drug-likeness (QED) is 0.422. The average Bonchev–Trinajstić information content (AvgIpc) is 2.87. The Morgan fingerprint density at radius 1 is 0.864 bits per heavy atom. The Kier molecular flexibility index (Phi) is 3.13. The number of nitrogens with zero attached hydrogens (tertiary/aromatic N) is 1. The van der Waals surface area contributed by atoms with E-state index < -0.39 is 0 Å². The number of hydrogen-bond acceptors (Lipinski definition) is 1. The minimum absolute atomic E-state index is 0.686. The fourth-order valence-corrected chi connectivity index (χ4v) is 3.61. The van der Waals surface area contributed by atoms with Gasteiger partial charge in [0.15, 0.2) is 0 Å². The summed E-state index contributed by atoms with van der Waals surface area (Å²) < 4.78 is 3.04. The van der Waals surface area contributed by atoms with Crippen LogP contribution in [-0.2, 0) is 0 Å². The van der Waals surface area contributed by atoms with Gasteiger partial charge in [-0.05, 0) is 40.2 Å². The molecule has 0 aliphatic rings. The van der Waals surface area contributed by atoms with Crippen molar-refractivity contribution in [3.05, 3.63) is 70.2 Å². The average molecular weight is 372 g/mol. The summed E-state index contributed by atoms with van der Waals surface area (Å²) in [6.07, 6.45) is 0. The number of rotatable bonds is 1. The van der Waals surface area contributed by atoms with Crippen LogP contribution in [0.3, 0.4) is 0 Å². The third kappa shape index (κ3) is 1.86. The Hall–Kier alpha value is -1.97. The van der Waals surface area contributed by atoms with Crippen LogP contribution in [0.1, 0.15) is 0 Å². The van der Waals surface area contributed by atoms with Crippen molar-refractivity contribution in [2.75, 3.05) is 5.73 Å². The number of para-hydroxylation sites is 3. The number of nitrogens with two attached hydrogens (primary N) is 1. The Morgan fingerprint density at radius 3 is 2.41 bits per heavy atom. The minimum Gasteiger partial charge on any atom is -0.397 e. The van der Waals surface area contributed by atoms with Gasteiger partial charge in [0.25, 0.3) is 0 Å². The van der Waals surface area contributed by atoms with E-state index in [-0.39, 0.29) is 0 Å². The van der Waals surface area contributed by atoms with Crippen LogP contribution in [0, 0.1) is 0 Å². The molecule has 0 fully saturated rings. The van der Waals surface area contributed by atoms with E-state index in [0.29, 0.717) is 5.02 Å². The highest BCUT2D eigenvalue weighted by atomic mass is 79.9. The van der Waals surface area contributed by atoms with Crippen molar-refractivity contribution in [2.24, 2.45) is 0 Å². The van der Waals surface area contributed by atoms with Gasteiger partial charge in [0.1, 0.15) is 0 Å². The molecule has 4 heteroatoms. The maximum absolute atomic E-state index is 6.32. The van der Waals surface area contributed by atoms with Crippen LogP contribution in [-0.4, -0.2) is 4.57 Å². The van der Waals surface area contributed by atoms with E-state index in [1.54, 1.807) is 0 Å². The number of benzene rings is 3. The zero-order chi connectivity index (χ0) is 15.3. The SMILES string of the molecule is Nc1ccccc1-n1c2ccccc2c2ccc(Cl)c(Br)c21. The van der Waals surface area contributed by atoms with E-state index in [0.717, 1.165) is 32.3 Å². The van der Waals surface area contributed by atoms with E-state index in [9.17, 15) is 0 Å². The molecule has 0 spiro atoms. The lowest BCUT2D eigenvalue weighted by Crippen LogP contribution is -1.99. The number of nitrogen functional groups attached to an aromatic ring is 1. The van der Waals surface area contributed by atoms with Crippen LogP contribution in [0.25, 0.3) is 27.5 Å². The summed E-state index contributed by atoms with van der Waals surface area (Å²) in [5.74, 6) is 0. The number of halogens is 2. The molecule has 4 aromatic rings. The van der Waals surface area contributed by atoms with Crippen LogP contribution in [0.5, 0.6) is 0 Å². The third-order valence-electron chi connectivity index (χ3n) is 3.91. The summed E-state index contributed by atoms with van der Waals surface area (Å²) in [7, 11) is 0. The van der Waals surface area contributed by atoms with Gasteiger partial charge in [-0.1, -0.05) is 48.0 Å². The molecule has 0 saturated carbocycles. The molecule has 3 aromatic carbocycles. The monoisotopic (exact) mass is 370 g/mol. The Morgan fingerprint density at radius 2 is 1.59 bits per heavy atom. The molecule has 0 aliphatic carbocycles. The van der Waals surface area contributed by atoms with E-state index in [1.807, 2.05) is 42.5 Å². The largest absolute Gasteiger partial charge is 0.397 e. The maximum Gasteiger partial charge on any atom is 0.0699 e. The summed E-state index contributed by atoms with van der Waals surface area (Å²) >= 11 is 9.96. The highest BCUT2D eigenvalue weighted by Gasteiger charge is 2.16. The van der Waals surface area contributed by atoms with Crippen LogP contribution in [0.15, 0.2) is 65.1 Å². The lowest BCUT2D eigenvalue weighted by atomic mass is 10.1. The Bertz CT molecular complexity index is 1020. The summed E-state index contributed by atoms with van der Waals surface area (Å²) in [4.78, 5) is 0. The van der Waals surface area contributed by atoms with E-state index in [2.05, 4.69) is 38.7 Å². The van der Waals surface area contributed by atoms with Crippen LogP contribution < -0.4 is 5.73 Å². The van der Waals surface area contributed by atoms with E-state index in [4.69, 9.17) is 17.3 Å². The molecule has 0 amide bonds. The first-order chi connectivity index (χ1) is 10.7. The molecular formula is C18H12BrClN2. The van der Waals surface area contributed by atoms with Crippen molar-refractivity contribution in [3.63, 3.8) is 0 Å². The normalized spacial score (nSPS) is 11.4.